The third-order valence-corrected chi connectivity index (χ3v) is 5.98. The number of halogens is 4. The third-order valence-electron chi connectivity index (χ3n) is 5.42. The van der Waals surface area contributed by atoms with Crippen molar-refractivity contribution < 1.29 is 14.3 Å². The SMILES string of the molecule is CC(=O)OCCN1C(=O)C2=C(c3ccc(Cl)cc3C(c3ccccc3Cl)=NC2)C1C.ClCCl. The van der Waals surface area contributed by atoms with Crippen LogP contribution < -0.4 is 0 Å². The molecule has 2 aromatic rings. The summed E-state index contributed by atoms with van der Waals surface area (Å²) in [5, 5.41) is 1.37. The molecule has 2 aliphatic rings. The average Bonchev–Trinajstić information content (AvgIpc) is 2.90. The van der Waals surface area contributed by atoms with E-state index in [9.17, 15) is 9.59 Å². The molecule has 5 nitrogen and oxygen atoms in total. The number of amides is 1. The van der Waals surface area contributed by atoms with Gasteiger partial charge in [0.2, 0.25) is 0 Å². The molecule has 0 radical (unpaired) electrons. The maximum atomic E-state index is 13.2. The van der Waals surface area contributed by atoms with Gasteiger partial charge in [0.1, 0.15) is 6.61 Å². The molecule has 2 aromatic carbocycles. The Morgan fingerprint density at radius 1 is 1.12 bits per heavy atom. The summed E-state index contributed by atoms with van der Waals surface area (Å²) in [6.45, 7) is 4.07. The fourth-order valence-electron chi connectivity index (χ4n) is 4.07. The van der Waals surface area contributed by atoms with Crippen LogP contribution in [0.25, 0.3) is 5.57 Å². The van der Waals surface area contributed by atoms with E-state index in [0.717, 1.165) is 28.0 Å². The van der Waals surface area contributed by atoms with Crippen molar-refractivity contribution in [2.24, 2.45) is 4.99 Å². The quantitative estimate of drug-likeness (QED) is 0.372. The number of esters is 1. The molecular weight excluding hydrogens is 506 g/mol. The second kappa shape index (κ2) is 11.4. The van der Waals surface area contributed by atoms with Gasteiger partial charge in [0.25, 0.3) is 5.91 Å². The lowest BCUT2D eigenvalue weighted by Crippen LogP contribution is -2.37. The number of fused-ring (bicyclic) bond motifs is 2. The number of carbonyl (C=O) groups excluding carboxylic acids is 2. The van der Waals surface area contributed by atoms with E-state index in [-0.39, 0.29) is 36.4 Å². The minimum atomic E-state index is -0.363. The Bertz CT molecular complexity index is 1130. The predicted octanol–water partition coefficient (Wildman–Crippen LogP) is 5.81. The van der Waals surface area contributed by atoms with Crippen LogP contribution in [0.4, 0.5) is 0 Å². The van der Waals surface area contributed by atoms with Crippen molar-refractivity contribution in [2.75, 3.05) is 25.0 Å². The van der Waals surface area contributed by atoms with E-state index in [1.54, 1.807) is 4.90 Å². The monoisotopic (exact) mass is 526 g/mol. The Morgan fingerprint density at radius 2 is 1.82 bits per heavy atom. The molecule has 1 amide bonds. The number of aliphatic imine (C=N–C) groups is 1. The van der Waals surface area contributed by atoms with Gasteiger partial charge in [0.05, 0.1) is 30.2 Å². The molecule has 0 N–H and O–H groups in total. The van der Waals surface area contributed by atoms with Crippen LogP contribution >= 0.6 is 46.4 Å². The van der Waals surface area contributed by atoms with Gasteiger partial charge in [-0.15, -0.1) is 23.2 Å². The Kier molecular flexibility index (Phi) is 8.82. The molecule has 9 heteroatoms. The lowest BCUT2D eigenvalue weighted by atomic mass is 9.90. The highest BCUT2D eigenvalue weighted by molar-refractivity contribution is 6.40. The van der Waals surface area contributed by atoms with Gasteiger partial charge >= 0.3 is 5.97 Å². The van der Waals surface area contributed by atoms with Crippen molar-refractivity contribution in [3.8, 4) is 0 Å². The number of ether oxygens (including phenoxy) is 1. The second-order valence-corrected chi connectivity index (χ2v) is 8.99. The number of nitrogens with zero attached hydrogens (tertiary/aromatic N) is 2. The fourth-order valence-corrected chi connectivity index (χ4v) is 4.47. The molecule has 1 atom stereocenters. The molecule has 174 valence electrons. The molecule has 0 saturated carbocycles. The predicted molar refractivity (Wildman–Crippen MR) is 135 cm³/mol. The molecule has 0 bridgehead atoms. The summed E-state index contributed by atoms with van der Waals surface area (Å²) in [5.41, 5.74) is 4.87. The molecular formula is C24H22Cl4N2O3. The number of carbonyl (C=O) groups is 2. The zero-order chi connectivity index (χ0) is 24.1. The Labute approximate surface area is 212 Å². The van der Waals surface area contributed by atoms with E-state index >= 15 is 0 Å². The number of alkyl halides is 2. The van der Waals surface area contributed by atoms with Crippen molar-refractivity contribution in [1.82, 2.24) is 4.90 Å². The van der Waals surface area contributed by atoms with Crippen LogP contribution in [-0.4, -0.2) is 53.6 Å². The number of hydrogen-bond acceptors (Lipinski definition) is 4. The van der Waals surface area contributed by atoms with Crippen molar-refractivity contribution >= 4 is 69.6 Å². The molecule has 0 fully saturated rings. The van der Waals surface area contributed by atoms with Crippen molar-refractivity contribution in [3.05, 3.63) is 74.8 Å². The topological polar surface area (TPSA) is 59.0 Å². The van der Waals surface area contributed by atoms with Crippen LogP contribution in [0.1, 0.15) is 30.5 Å². The van der Waals surface area contributed by atoms with E-state index in [4.69, 9.17) is 56.1 Å². The van der Waals surface area contributed by atoms with Gasteiger partial charge in [-0.3, -0.25) is 14.6 Å². The molecule has 2 aliphatic heterocycles. The van der Waals surface area contributed by atoms with Gasteiger partial charge in [-0.25, -0.2) is 0 Å². The molecule has 4 rings (SSSR count). The first-order chi connectivity index (χ1) is 15.8. The van der Waals surface area contributed by atoms with Crippen molar-refractivity contribution in [1.29, 1.82) is 0 Å². The molecule has 0 saturated heterocycles. The van der Waals surface area contributed by atoms with Gasteiger partial charge < -0.3 is 9.64 Å². The van der Waals surface area contributed by atoms with E-state index in [2.05, 4.69) is 0 Å². The van der Waals surface area contributed by atoms with Gasteiger partial charge in [-0.1, -0.05) is 47.5 Å². The summed E-state index contributed by atoms with van der Waals surface area (Å²) in [5.74, 6) is -0.451. The molecule has 0 aliphatic carbocycles. The Morgan fingerprint density at radius 3 is 2.48 bits per heavy atom. The van der Waals surface area contributed by atoms with Crippen molar-refractivity contribution in [3.63, 3.8) is 0 Å². The van der Waals surface area contributed by atoms with Gasteiger partial charge in [0, 0.05) is 33.7 Å². The summed E-state index contributed by atoms with van der Waals surface area (Å²) in [4.78, 5) is 30.8. The summed E-state index contributed by atoms with van der Waals surface area (Å²) in [6, 6.07) is 13.0. The zero-order valence-corrected chi connectivity index (χ0v) is 21.1. The number of hydrogen-bond donors (Lipinski definition) is 0. The standard InChI is InChI=1S/C23H20Cl2N2O3.CH2Cl2/c1-13-21-16-8-7-15(24)11-18(16)22(17-5-3-4-6-20(17)25)26-12-19(21)23(29)27(13)9-10-30-14(2)28;2-1-3/h3-8,11,13H,9-10,12H2,1-2H3;1H2. The largest absolute Gasteiger partial charge is 0.464 e. The highest BCUT2D eigenvalue weighted by Crippen LogP contribution is 2.39. The second-order valence-electron chi connectivity index (χ2n) is 7.34. The van der Waals surface area contributed by atoms with Crippen LogP contribution in [0.3, 0.4) is 0 Å². The summed E-state index contributed by atoms with van der Waals surface area (Å²) in [6.07, 6.45) is 0. The van der Waals surface area contributed by atoms with E-state index in [1.807, 2.05) is 49.4 Å². The third kappa shape index (κ3) is 5.55. The molecule has 0 aromatic heterocycles. The van der Waals surface area contributed by atoms with Crippen LogP contribution in [0.15, 0.2) is 53.0 Å². The molecule has 2 heterocycles. The maximum absolute atomic E-state index is 13.2. The minimum Gasteiger partial charge on any atom is -0.464 e. The zero-order valence-electron chi connectivity index (χ0n) is 18.1. The fraction of sp³-hybridized carbons (Fsp3) is 0.292. The van der Waals surface area contributed by atoms with E-state index < -0.39 is 0 Å². The van der Waals surface area contributed by atoms with Gasteiger partial charge in [-0.05, 0) is 36.3 Å². The summed E-state index contributed by atoms with van der Waals surface area (Å²) >= 11 is 22.3. The molecule has 1 unspecified atom stereocenters. The maximum Gasteiger partial charge on any atom is 0.302 e. The molecule has 0 spiro atoms. The first kappa shape index (κ1) is 25.6. The lowest BCUT2D eigenvalue weighted by molar-refractivity contribution is -0.143. The van der Waals surface area contributed by atoms with Crippen LogP contribution in [0.2, 0.25) is 10.0 Å². The lowest BCUT2D eigenvalue weighted by Gasteiger charge is -2.25. The van der Waals surface area contributed by atoms with Crippen LogP contribution in [0, 0.1) is 0 Å². The summed E-state index contributed by atoms with van der Waals surface area (Å²) in [7, 11) is 0. The first-order valence-electron chi connectivity index (χ1n) is 10.2. The minimum absolute atomic E-state index is 0.0882. The van der Waals surface area contributed by atoms with Crippen molar-refractivity contribution in [2.45, 2.75) is 19.9 Å². The number of rotatable bonds is 4. The Balaban J connectivity index is 0.000000968. The Hall–Kier alpha value is -2.05. The van der Waals surface area contributed by atoms with E-state index in [1.165, 1.54) is 6.92 Å². The van der Waals surface area contributed by atoms with Gasteiger partial charge in [-0.2, -0.15) is 0 Å². The highest BCUT2D eigenvalue weighted by atomic mass is 35.5. The highest BCUT2D eigenvalue weighted by Gasteiger charge is 2.39. The smallest absolute Gasteiger partial charge is 0.302 e. The first-order valence-corrected chi connectivity index (χ1v) is 12.0. The average molecular weight is 528 g/mol. The van der Waals surface area contributed by atoms with Crippen LogP contribution in [0.5, 0.6) is 0 Å². The van der Waals surface area contributed by atoms with Gasteiger partial charge in [0.15, 0.2) is 0 Å². The molecule has 33 heavy (non-hydrogen) atoms. The van der Waals surface area contributed by atoms with E-state index in [0.29, 0.717) is 22.2 Å². The normalized spacial score (nSPS) is 16.9. The van der Waals surface area contributed by atoms with Crippen LogP contribution in [-0.2, 0) is 14.3 Å². The summed E-state index contributed by atoms with van der Waals surface area (Å²) < 4.78 is 5.04. The number of benzene rings is 2.